The van der Waals surface area contributed by atoms with Crippen molar-refractivity contribution in [3.8, 4) is 12.3 Å². The number of fused-ring (bicyclic) bond motifs is 1. The summed E-state index contributed by atoms with van der Waals surface area (Å²) in [4.78, 5) is 8.53. The van der Waals surface area contributed by atoms with E-state index in [4.69, 9.17) is 18.0 Å². The van der Waals surface area contributed by atoms with Crippen LogP contribution in [0.1, 0.15) is 63.4 Å². The number of hydrogen-bond donors (Lipinski definition) is 4. The molecule has 3 heterocycles. The van der Waals surface area contributed by atoms with Gasteiger partial charge in [-0.15, -0.1) is 12.0 Å². The summed E-state index contributed by atoms with van der Waals surface area (Å²) in [6.45, 7) is 8.74. The molecule has 42 heavy (non-hydrogen) atoms. The van der Waals surface area contributed by atoms with E-state index in [-0.39, 0.29) is 18.3 Å². The maximum atomic E-state index is 14.1. The van der Waals surface area contributed by atoms with E-state index in [9.17, 15) is 17.6 Å². The summed E-state index contributed by atoms with van der Waals surface area (Å²) in [5.74, 6) is 2.03. The zero-order chi connectivity index (χ0) is 30.4. The summed E-state index contributed by atoms with van der Waals surface area (Å²) in [5.41, 5.74) is 7.33. The van der Waals surface area contributed by atoms with Gasteiger partial charge in [-0.1, -0.05) is 51.3 Å². The molecule has 0 unspecified atom stereocenters. The Morgan fingerprint density at radius 1 is 1.21 bits per heavy atom. The van der Waals surface area contributed by atoms with Gasteiger partial charge >= 0.3 is 6.18 Å². The Bertz CT molecular complexity index is 1590. The van der Waals surface area contributed by atoms with Gasteiger partial charge in [-0.25, -0.2) is 4.98 Å². The number of aromatic nitrogens is 2. The van der Waals surface area contributed by atoms with Gasteiger partial charge in [0.15, 0.2) is 5.54 Å². The number of nitrogens with one attached hydrogen (secondary N) is 4. The van der Waals surface area contributed by atoms with E-state index in [0.717, 1.165) is 5.01 Å². The summed E-state index contributed by atoms with van der Waals surface area (Å²) in [5, 5.41) is 8.93. The minimum Gasteiger partial charge on any atom is -0.383 e. The van der Waals surface area contributed by atoms with E-state index < -0.39 is 23.7 Å². The molecule has 1 aliphatic carbocycles. The summed E-state index contributed by atoms with van der Waals surface area (Å²) in [6.07, 6.45) is 4.71. The van der Waals surface area contributed by atoms with E-state index in [1.807, 2.05) is 13.0 Å². The van der Waals surface area contributed by atoms with E-state index >= 15 is 0 Å². The number of pyridine rings is 2. The molecule has 0 saturated heterocycles. The standard InChI is InChI=1S/C30H32ClF4N7/c1-6-17-14-36-26-20(25(17)37-16-28(3,4)5)12-18(13-21(26)31)38-27(19-8-9-24(32)39-22(19)7-2)23-15-42(41-40-23)29(10-11-29)30(33,34)35/h1,8-9,12-15,27,38,40-41H,7,10-11,16H2,2-5H3,(H,36,37)/t27-/m0/s1. The van der Waals surface area contributed by atoms with Crippen LogP contribution in [0.25, 0.3) is 10.9 Å². The van der Waals surface area contributed by atoms with Crippen molar-refractivity contribution in [3.05, 3.63) is 70.2 Å². The minimum atomic E-state index is -4.42. The van der Waals surface area contributed by atoms with Gasteiger partial charge < -0.3 is 16.1 Å². The Kier molecular flexibility index (Phi) is 7.66. The number of halogens is 5. The fourth-order valence-electron chi connectivity index (χ4n) is 5.00. The highest BCUT2D eigenvalue weighted by atomic mass is 35.5. The number of nitrogens with zero attached hydrogens (tertiary/aromatic N) is 3. The number of hydrazine groups is 2. The largest absolute Gasteiger partial charge is 0.413 e. The topological polar surface area (TPSA) is 77.1 Å². The SMILES string of the molecule is C#Cc1cnc2c(Cl)cc(N[C@H](C3=CN(C4(C(F)(F)F)CC4)NN3)c3ccc(F)nc3CC)cc2c1NCC(C)(C)C. The Balaban J connectivity index is 1.60. The second-order valence-electron chi connectivity index (χ2n) is 11.8. The number of aryl methyl sites for hydroxylation is 1. The number of hydrogen-bond acceptors (Lipinski definition) is 7. The molecule has 0 bridgehead atoms. The molecule has 12 heteroatoms. The highest BCUT2D eigenvalue weighted by Crippen LogP contribution is 2.53. The first-order chi connectivity index (χ1) is 19.8. The molecule has 1 saturated carbocycles. The quantitative estimate of drug-likeness (QED) is 0.128. The van der Waals surface area contributed by atoms with Crippen LogP contribution in [0, 0.1) is 23.7 Å². The van der Waals surface area contributed by atoms with Crippen LogP contribution in [0.4, 0.5) is 28.9 Å². The fraction of sp³-hybridized carbons (Fsp3) is 0.400. The van der Waals surface area contributed by atoms with Crippen molar-refractivity contribution >= 4 is 33.9 Å². The molecule has 222 valence electrons. The normalized spacial score (nSPS) is 17.0. The third-order valence-electron chi connectivity index (χ3n) is 7.42. The predicted octanol–water partition coefficient (Wildman–Crippen LogP) is 6.84. The average molecular weight is 602 g/mol. The van der Waals surface area contributed by atoms with Crippen molar-refractivity contribution in [2.45, 2.75) is 64.7 Å². The third kappa shape index (κ3) is 5.65. The van der Waals surface area contributed by atoms with Crippen LogP contribution in [0.2, 0.25) is 5.02 Å². The van der Waals surface area contributed by atoms with Gasteiger partial charge in [-0.3, -0.25) is 9.99 Å². The van der Waals surface area contributed by atoms with Crippen LogP contribution in [0.5, 0.6) is 0 Å². The molecule has 5 rings (SSSR count). The second-order valence-corrected chi connectivity index (χ2v) is 12.2. The molecule has 2 aromatic heterocycles. The number of anilines is 2. The lowest BCUT2D eigenvalue weighted by Gasteiger charge is -2.28. The number of alkyl halides is 3. The zero-order valence-electron chi connectivity index (χ0n) is 23.7. The van der Waals surface area contributed by atoms with Crippen LogP contribution in [-0.2, 0) is 6.42 Å². The first-order valence-corrected chi connectivity index (χ1v) is 14.0. The monoisotopic (exact) mass is 601 g/mol. The minimum absolute atomic E-state index is 0.0273. The van der Waals surface area contributed by atoms with Crippen molar-refractivity contribution in [1.29, 1.82) is 0 Å². The molecular formula is C30H32ClF4N7. The van der Waals surface area contributed by atoms with E-state index in [2.05, 4.69) is 58.3 Å². The van der Waals surface area contributed by atoms with Gasteiger partial charge in [0.1, 0.15) is 0 Å². The molecule has 0 amide bonds. The first-order valence-electron chi connectivity index (χ1n) is 13.6. The Morgan fingerprint density at radius 3 is 2.57 bits per heavy atom. The van der Waals surface area contributed by atoms with Crippen LogP contribution in [0.3, 0.4) is 0 Å². The molecule has 3 aromatic rings. The number of rotatable bonds is 8. The Hall–Kier alpha value is -3.75. The summed E-state index contributed by atoms with van der Waals surface area (Å²) < 4.78 is 55.8. The first kappa shape index (κ1) is 29.7. The molecule has 1 fully saturated rings. The van der Waals surface area contributed by atoms with Crippen LogP contribution < -0.4 is 21.6 Å². The molecule has 1 aliphatic heterocycles. The average Bonchev–Trinajstić information content (AvgIpc) is 3.61. The Labute approximate surface area is 247 Å². The van der Waals surface area contributed by atoms with E-state index in [0.29, 0.717) is 62.8 Å². The highest BCUT2D eigenvalue weighted by molar-refractivity contribution is 6.35. The van der Waals surface area contributed by atoms with Gasteiger partial charge in [0.05, 0.1) is 33.5 Å². The fourth-order valence-corrected chi connectivity index (χ4v) is 5.27. The van der Waals surface area contributed by atoms with Crippen molar-refractivity contribution < 1.29 is 17.6 Å². The summed E-state index contributed by atoms with van der Waals surface area (Å²) >= 11 is 6.71. The van der Waals surface area contributed by atoms with Gasteiger partial charge in [0.2, 0.25) is 5.95 Å². The molecule has 7 nitrogen and oxygen atoms in total. The maximum absolute atomic E-state index is 14.1. The maximum Gasteiger partial charge on any atom is 0.413 e. The third-order valence-corrected chi connectivity index (χ3v) is 7.71. The van der Waals surface area contributed by atoms with Gasteiger partial charge in [-0.05, 0) is 42.9 Å². The van der Waals surface area contributed by atoms with Crippen LogP contribution >= 0.6 is 11.6 Å². The molecule has 4 N–H and O–H groups in total. The predicted molar refractivity (Wildman–Crippen MR) is 157 cm³/mol. The van der Waals surface area contributed by atoms with Crippen LogP contribution in [-0.4, -0.2) is 33.2 Å². The van der Waals surface area contributed by atoms with Gasteiger partial charge in [-0.2, -0.15) is 17.6 Å². The molecule has 0 radical (unpaired) electrons. The molecule has 1 atom stereocenters. The van der Waals surface area contributed by atoms with Gasteiger partial charge in [0.25, 0.3) is 0 Å². The number of terminal acetylenes is 1. The molecular weight excluding hydrogens is 570 g/mol. The molecule has 1 aromatic carbocycles. The lowest BCUT2D eigenvalue weighted by molar-refractivity contribution is -0.195. The Morgan fingerprint density at radius 2 is 1.95 bits per heavy atom. The van der Waals surface area contributed by atoms with Crippen molar-refractivity contribution in [2.75, 3.05) is 17.2 Å². The number of benzene rings is 1. The smallest absolute Gasteiger partial charge is 0.383 e. The lowest BCUT2D eigenvalue weighted by atomic mass is 9.96. The van der Waals surface area contributed by atoms with Crippen molar-refractivity contribution in [2.24, 2.45) is 5.41 Å². The molecule has 0 spiro atoms. The second kappa shape index (κ2) is 10.8. The van der Waals surface area contributed by atoms with Crippen molar-refractivity contribution in [1.82, 2.24) is 25.9 Å². The summed E-state index contributed by atoms with van der Waals surface area (Å²) in [6, 6.07) is 5.60. The van der Waals surface area contributed by atoms with E-state index in [1.165, 1.54) is 12.3 Å². The summed E-state index contributed by atoms with van der Waals surface area (Å²) in [7, 11) is 0. The zero-order valence-corrected chi connectivity index (χ0v) is 24.4. The highest BCUT2D eigenvalue weighted by Gasteiger charge is 2.67. The lowest BCUT2D eigenvalue weighted by Crippen LogP contribution is -2.52. The van der Waals surface area contributed by atoms with Crippen LogP contribution in [0.15, 0.2) is 42.4 Å². The van der Waals surface area contributed by atoms with Gasteiger partial charge in [0, 0.05) is 41.3 Å². The van der Waals surface area contributed by atoms with Crippen molar-refractivity contribution in [3.63, 3.8) is 0 Å². The van der Waals surface area contributed by atoms with E-state index in [1.54, 1.807) is 18.3 Å². The molecule has 2 aliphatic rings.